The van der Waals surface area contributed by atoms with E-state index in [-0.39, 0.29) is 0 Å². The lowest BCUT2D eigenvalue weighted by molar-refractivity contribution is -0.122. The number of rotatable bonds is 12. The second-order valence-electron chi connectivity index (χ2n) is 5.38. The summed E-state index contributed by atoms with van der Waals surface area (Å²) < 4.78 is 0. The highest BCUT2D eigenvalue weighted by atomic mass is 16.1. The number of ketones is 1. The second kappa shape index (κ2) is 12.1. The van der Waals surface area contributed by atoms with Crippen LogP contribution in [0.2, 0.25) is 0 Å². The molecule has 0 spiro atoms. The quantitative estimate of drug-likeness (QED) is 0.410. The first kappa shape index (κ1) is 16.7. The van der Waals surface area contributed by atoms with E-state index in [1.807, 2.05) is 0 Å². The van der Waals surface area contributed by atoms with E-state index in [4.69, 9.17) is 0 Å². The summed E-state index contributed by atoms with van der Waals surface area (Å²) >= 11 is 0. The molecule has 0 aliphatic carbocycles. The summed E-state index contributed by atoms with van der Waals surface area (Å²) in [4.78, 5) is 11.8. The van der Waals surface area contributed by atoms with Crippen molar-refractivity contribution in [3.63, 3.8) is 0 Å². The van der Waals surface area contributed by atoms with Crippen molar-refractivity contribution < 1.29 is 4.79 Å². The normalized spacial score (nSPS) is 12.6. The maximum absolute atomic E-state index is 11.8. The highest BCUT2D eigenvalue weighted by Gasteiger charge is 2.11. The van der Waals surface area contributed by atoms with Crippen LogP contribution in [0.15, 0.2) is 0 Å². The van der Waals surface area contributed by atoms with E-state index in [0.717, 1.165) is 19.3 Å². The summed E-state index contributed by atoms with van der Waals surface area (Å²) in [6.45, 7) is 6.53. The second-order valence-corrected chi connectivity index (χ2v) is 5.38. The average molecular weight is 240 g/mol. The Morgan fingerprint density at radius 3 is 1.94 bits per heavy atom. The summed E-state index contributed by atoms with van der Waals surface area (Å²) in [6, 6.07) is 0. The number of carbonyl (C=O) groups excluding carboxylic acids is 1. The van der Waals surface area contributed by atoms with Crippen LogP contribution in [0.1, 0.15) is 91.4 Å². The molecule has 0 saturated carbocycles. The minimum absolute atomic E-state index is 0.301. The van der Waals surface area contributed by atoms with Gasteiger partial charge in [-0.2, -0.15) is 0 Å². The van der Waals surface area contributed by atoms with Crippen molar-refractivity contribution in [2.24, 2.45) is 5.92 Å². The molecule has 1 unspecified atom stereocenters. The van der Waals surface area contributed by atoms with E-state index in [1.165, 1.54) is 51.4 Å². The van der Waals surface area contributed by atoms with Crippen LogP contribution in [0.3, 0.4) is 0 Å². The fourth-order valence-corrected chi connectivity index (χ4v) is 2.17. The molecule has 0 radical (unpaired) electrons. The summed E-state index contributed by atoms with van der Waals surface area (Å²) in [7, 11) is 0. The van der Waals surface area contributed by atoms with E-state index < -0.39 is 0 Å². The molecule has 0 fully saturated rings. The summed E-state index contributed by atoms with van der Waals surface area (Å²) in [6.07, 6.45) is 13.4. The van der Waals surface area contributed by atoms with Gasteiger partial charge in [0.15, 0.2) is 0 Å². The van der Waals surface area contributed by atoms with Crippen molar-refractivity contribution in [1.82, 2.24) is 0 Å². The van der Waals surface area contributed by atoms with Crippen LogP contribution in [0.25, 0.3) is 0 Å². The lowest BCUT2D eigenvalue weighted by atomic mass is 9.95. The van der Waals surface area contributed by atoms with E-state index in [9.17, 15) is 4.79 Å². The van der Waals surface area contributed by atoms with Gasteiger partial charge in [0, 0.05) is 12.3 Å². The predicted molar refractivity (Wildman–Crippen MR) is 76.3 cm³/mol. The lowest BCUT2D eigenvalue weighted by Crippen LogP contribution is -2.10. The Bertz CT molecular complexity index is 174. The van der Waals surface area contributed by atoms with Gasteiger partial charge >= 0.3 is 0 Å². The predicted octanol–water partition coefficient (Wildman–Crippen LogP) is 5.52. The highest BCUT2D eigenvalue weighted by Crippen LogP contribution is 2.14. The van der Waals surface area contributed by atoms with Crippen LogP contribution in [0.4, 0.5) is 0 Å². The Kier molecular flexibility index (Phi) is 11.9. The molecule has 0 amide bonds. The molecule has 17 heavy (non-hydrogen) atoms. The molecular formula is C16H32O. The molecule has 0 saturated heterocycles. The average Bonchev–Trinajstić information content (AvgIpc) is 2.34. The molecule has 0 aromatic carbocycles. The monoisotopic (exact) mass is 240 g/mol. The van der Waals surface area contributed by atoms with Gasteiger partial charge in [0.1, 0.15) is 5.78 Å². The zero-order valence-corrected chi connectivity index (χ0v) is 12.3. The smallest absolute Gasteiger partial charge is 0.135 e. The first-order chi connectivity index (χ1) is 8.22. The molecule has 0 aliphatic rings. The van der Waals surface area contributed by atoms with Crippen LogP contribution in [0, 0.1) is 5.92 Å². The Morgan fingerprint density at radius 1 is 0.824 bits per heavy atom. The Labute approximate surface area is 108 Å². The fourth-order valence-electron chi connectivity index (χ4n) is 2.17. The summed E-state index contributed by atoms with van der Waals surface area (Å²) in [5, 5.41) is 0. The first-order valence-electron chi connectivity index (χ1n) is 7.75. The molecule has 102 valence electrons. The third kappa shape index (κ3) is 10.5. The SMILES string of the molecule is CCCCCCCCCC(=O)C(C)CCCC. The van der Waals surface area contributed by atoms with Gasteiger partial charge in [-0.3, -0.25) is 4.79 Å². The van der Waals surface area contributed by atoms with E-state index in [1.54, 1.807) is 0 Å². The van der Waals surface area contributed by atoms with Gasteiger partial charge in [0.25, 0.3) is 0 Å². The van der Waals surface area contributed by atoms with Crippen molar-refractivity contribution in [3.8, 4) is 0 Å². The number of hydrogen-bond donors (Lipinski definition) is 0. The molecule has 0 rings (SSSR count). The van der Waals surface area contributed by atoms with Crippen LogP contribution in [0.5, 0.6) is 0 Å². The third-order valence-corrected chi connectivity index (χ3v) is 3.57. The van der Waals surface area contributed by atoms with Gasteiger partial charge < -0.3 is 0 Å². The van der Waals surface area contributed by atoms with Crippen molar-refractivity contribution in [2.45, 2.75) is 91.4 Å². The standard InChI is InChI=1S/C16H32O/c1-4-6-8-9-10-11-12-14-16(17)15(3)13-7-5-2/h15H,4-14H2,1-3H3. The molecule has 1 nitrogen and oxygen atoms in total. The number of hydrogen-bond acceptors (Lipinski definition) is 1. The van der Waals surface area contributed by atoms with Crippen molar-refractivity contribution >= 4 is 5.78 Å². The fraction of sp³-hybridized carbons (Fsp3) is 0.938. The maximum Gasteiger partial charge on any atom is 0.135 e. The van der Waals surface area contributed by atoms with E-state index >= 15 is 0 Å². The topological polar surface area (TPSA) is 17.1 Å². The largest absolute Gasteiger partial charge is 0.299 e. The molecule has 0 bridgehead atoms. The minimum Gasteiger partial charge on any atom is -0.299 e. The van der Waals surface area contributed by atoms with Crippen molar-refractivity contribution in [2.75, 3.05) is 0 Å². The Morgan fingerprint density at radius 2 is 1.35 bits per heavy atom. The first-order valence-corrected chi connectivity index (χ1v) is 7.75. The van der Waals surface area contributed by atoms with E-state index in [0.29, 0.717) is 11.7 Å². The third-order valence-electron chi connectivity index (χ3n) is 3.57. The molecule has 0 aromatic rings. The maximum atomic E-state index is 11.8. The molecule has 1 atom stereocenters. The van der Waals surface area contributed by atoms with Crippen LogP contribution in [-0.4, -0.2) is 5.78 Å². The molecule has 0 aromatic heterocycles. The number of Topliss-reactive ketones (excluding diaryl/α,β-unsaturated/α-hetero) is 1. The lowest BCUT2D eigenvalue weighted by Gasteiger charge is -2.09. The highest BCUT2D eigenvalue weighted by molar-refractivity contribution is 5.80. The van der Waals surface area contributed by atoms with Gasteiger partial charge in [0.2, 0.25) is 0 Å². The van der Waals surface area contributed by atoms with Crippen LogP contribution in [-0.2, 0) is 4.79 Å². The zero-order valence-electron chi connectivity index (χ0n) is 12.3. The van der Waals surface area contributed by atoms with Crippen molar-refractivity contribution in [3.05, 3.63) is 0 Å². The van der Waals surface area contributed by atoms with Crippen LogP contribution >= 0.6 is 0 Å². The minimum atomic E-state index is 0.301. The van der Waals surface area contributed by atoms with Crippen molar-refractivity contribution in [1.29, 1.82) is 0 Å². The van der Waals surface area contributed by atoms with E-state index in [2.05, 4.69) is 20.8 Å². The summed E-state index contributed by atoms with van der Waals surface area (Å²) in [5.41, 5.74) is 0. The molecule has 0 heterocycles. The molecule has 1 heteroatoms. The Balaban J connectivity index is 3.32. The van der Waals surface area contributed by atoms with Gasteiger partial charge in [-0.1, -0.05) is 72.1 Å². The summed E-state index contributed by atoms with van der Waals surface area (Å²) in [5.74, 6) is 0.794. The Hall–Kier alpha value is -0.330. The van der Waals surface area contributed by atoms with Gasteiger partial charge in [0.05, 0.1) is 0 Å². The van der Waals surface area contributed by atoms with Crippen LogP contribution < -0.4 is 0 Å². The van der Waals surface area contributed by atoms with Gasteiger partial charge in [-0.25, -0.2) is 0 Å². The molecular weight excluding hydrogens is 208 g/mol. The van der Waals surface area contributed by atoms with Gasteiger partial charge in [-0.15, -0.1) is 0 Å². The molecule has 0 N–H and O–H groups in total. The molecule has 0 aliphatic heterocycles. The zero-order chi connectivity index (χ0) is 12.9. The van der Waals surface area contributed by atoms with Gasteiger partial charge in [-0.05, 0) is 12.8 Å². The number of unbranched alkanes of at least 4 members (excludes halogenated alkanes) is 7. The number of carbonyl (C=O) groups is 1.